The number of carbonyl (C=O) groups excluding carboxylic acids is 2. The fourth-order valence-electron chi connectivity index (χ4n) is 4.33. The van der Waals surface area contributed by atoms with Gasteiger partial charge in [-0.05, 0) is 6.92 Å². The van der Waals surface area contributed by atoms with Crippen LogP contribution in [0.25, 0.3) is 0 Å². The summed E-state index contributed by atoms with van der Waals surface area (Å²) in [7, 11) is 1.87. The van der Waals surface area contributed by atoms with E-state index in [0.29, 0.717) is 4.91 Å². The molecule has 4 rings (SSSR count). The second-order valence-electron chi connectivity index (χ2n) is 6.96. The molecule has 0 saturated carbocycles. The number of aryl methyl sites for hydroxylation is 2. The summed E-state index contributed by atoms with van der Waals surface area (Å²) in [6, 6.07) is -0.303. The number of amides is 1. The minimum atomic E-state index is -1.33. The highest BCUT2D eigenvalue weighted by molar-refractivity contribution is 8.03. The van der Waals surface area contributed by atoms with Crippen molar-refractivity contribution in [3.63, 3.8) is 0 Å². The van der Waals surface area contributed by atoms with Crippen molar-refractivity contribution < 1.29 is 24.4 Å². The lowest BCUT2D eigenvalue weighted by Gasteiger charge is -2.47. The monoisotopic (exact) mass is 364 g/mol. The van der Waals surface area contributed by atoms with E-state index in [0.717, 1.165) is 18.8 Å². The van der Waals surface area contributed by atoms with Gasteiger partial charge in [-0.2, -0.15) is 0 Å². The molecule has 5 atom stereocenters. The number of aromatic nitrogens is 3. The molecule has 4 heterocycles. The zero-order chi connectivity index (χ0) is 18.0. The van der Waals surface area contributed by atoms with E-state index in [9.17, 15) is 19.8 Å². The van der Waals surface area contributed by atoms with Crippen LogP contribution in [0, 0.1) is 11.8 Å². The molecule has 1 N–H and O–H groups in total. The van der Waals surface area contributed by atoms with Crippen LogP contribution in [-0.4, -0.2) is 43.8 Å². The van der Waals surface area contributed by atoms with Crippen LogP contribution in [0.15, 0.2) is 16.9 Å². The highest BCUT2D eigenvalue weighted by atomic mass is 32.2. The minimum absolute atomic E-state index is 0.0231. The van der Waals surface area contributed by atoms with Crippen LogP contribution < -0.4 is 9.67 Å². The summed E-state index contributed by atoms with van der Waals surface area (Å²) in [5.41, 5.74) is -0.0231. The van der Waals surface area contributed by atoms with E-state index in [-0.39, 0.29) is 28.8 Å². The smallest absolute Gasteiger partial charge is 0.265 e. The van der Waals surface area contributed by atoms with E-state index in [1.807, 2.05) is 18.7 Å². The normalized spacial score (nSPS) is 31.8. The quantitative estimate of drug-likeness (QED) is 0.527. The second kappa shape index (κ2) is 5.57. The van der Waals surface area contributed by atoms with Crippen molar-refractivity contribution >= 4 is 23.6 Å². The molecule has 1 unspecified atom stereocenters. The molecule has 9 heteroatoms. The molecule has 134 valence electrons. The molecule has 25 heavy (non-hydrogen) atoms. The summed E-state index contributed by atoms with van der Waals surface area (Å²) in [6.45, 7) is 4.33. The lowest BCUT2D eigenvalue weighted by atomic mass is 9.79. The van der Waals surface area contributed by atoms with Crippen LogP contribution in [0.5, 0.6) is 0 Å². The van der Waals surface area contributed by atoms with Crippen molar-refractivity contribution in [3.8, 4) is 0 Å². The Bertz CT molecular complexity index is 802. The Kier molecular flexibility index (Phi) is 3.69. The Hall–Kier alpha value is -1.87. The number of thioether (sulfide) groups is 1. The Morgan fingerprint density at radius 2 is 2.28 bits per heavy atom. The van der Waals surface area contributed by atoms with E-state index in [2.05, 4.69) is 9.67 Å². The number of nitrogens with zero attached hydrogens (tertiary/aromatic N) is 4. The number of aliphatic carboxylic acids is 1. The van der Waals surface area contributed by atoms with Crippen molar-refractivity contribution in [2.24, 2.45) is 18.9 Å². The molecule has 1 aromatic rings. The molecule has 0 radical (unpaired) electrons. The SMILES string of the molecule is C[C@@H](O)[C@H]1C(=O)N2C(C(=O)[O-])=C(SC3CC[n+]4cnn(C)c43)[C@H](C)[C@H]12. The molecule has 0 bridgehead atoms. The van der Waals surface area contributed by atoms with Gasteiger partial charge in [0.2, 0.25) is 11.7 Å². The van der Waals surface area contributed by atoms with Gasteiger partial charge in [0.15, 0.2) is 0 Å². The van der Waals surface area contributed by atoms with Crippen LogP contribution in [0.1, 0.15) is 31.3 Å². The minimum Gasteiger partial charge on any atom is -0.543 e. The van der Waals surface area contributed by atoms with E-state index in [1.165, 1.54) is 16.7 Å². The topological polar surface area (TPSA) is 102 Å². The highest BCUT2D eigenvalue weighted by Crippen LogP contribution is 2.53. The average molecular weight is 364 g/mol. The van der Waals surface area contributed by atoms with E-state index in [1.54, 1.807) is 13.3 Å². The fraction of sp³-hybridized carbons (Fsp3) is 0.625. The van der Waals surface area contributed by atoms with Crippen LogP contribution in [0.2, 0.25) is 0 Å². The molecule has 8 nitrogen and oxygen atoms in total. The van der Waals surface area contributed by atoms with Gasteiger partial charge in [0.05, 0.1) is 43.3 Å². The first kappa shape index (κ1) is 16.6. The van der Waals surface area contributed by atoms with E-state index < -0.39 is 18.0 Å². The van der Waals surface area contributed by atoms with Crippen molar-refractivity contribution in [1.82, 2.24) is 14.7 Å². The molecule has 1 saturated heterocycles. The molecule has 0 aliphatic carbocycles. The third-order valence-electron chi connectivity index (χ3n) is 5.48. The lowest BCUT2D eigenvalue weighted by molar-refractivity contribution is -0.691. The van der Waals surface area contributed by atoms with Crippen LogP contribution in [0.3, 0.4) is 0 Å². The fourth-order valence-corrected chi connectivity index (χ4v) is 5.90. The van der Waals surface area contributed by atoms with E-state index in [4.69, 9.17) is 0 Å². The highest BCUT2D eigenvalue weighted by Gasteiger charge is 2.59. The van der Waals surface area contributed by atoms with Gasteiger partial charge >= 0.3 is 0 Å². The molecule has 0 aromatic carbocycles. The van der Waals surface area contributed by atoms with Crippen molar-refractivity contribution in [3.05, 3.63) is 22.8 Å². The van der Waals surface area contributed by atoms with Crippen molar-refractivity contribution in [1.29, 1.82) is 0 Å². The zero-order valence-electron chi connectivity index (χ0n) is 14.2. The number of carboxylic acid groups (broad SMARTS) is 1. The number of β-lactam (4-membered cyclic amide) rings is 1. The summed E-state index contributed by atoms with van der Waals surface area (Å²) >= 11 is 1.49. The maximum absolute atomic E-state index is 12.4. The molecular weight excluding hydrogens is 344 g/mol. The zero-order valence-corrected chi connectivity index (χ0v) is 15.1. The van der Waals surface area contributed by atoms with Gasteiger partial charge in [0, 0.05) is 22.3 Å². The first-order chi connectivity index (χ1) is 11.8. The van der Waals surface area contributed by atoms with Crippen molar-refractivity contribution in [2.75, 3.05) is 0 Å². The lowest BCUT2D eigenvalue weighted by Crippen LogP contribution is -2.64. The van der Waals surface area contributed by atoms with E-state index >= 15 is 0 Å². The number of hydrogen-bond donors (Lipinski definition) is 1. The summed E-state index contributed by atoms with van der Waals surface area (Å²) < 4.78 is 3.87. The number of aliphatic hydroxyl groups excluding tert-OH is 1. The third kappa shape index (κ3) is 2.18. The molecule has 3 aliphatic heterocycles. The summed E-state index contributed by atoms with van der Waals surface area (Å²) in [5, 5.41) is 26.0. The van der Waals surface area contributed by atoms with Crippen LogP contribution in [0.4, 0.5) is 0 Å². The van der Waals surface area contributed by atoms with Crippen molar-refractivity contribution in [2.45, 2.75) is 44.2 Å². The number of fused-ring (bicyclic) bond motifs is 2. The molecule has 3 aliphatic rings. The third-order valence-corrected chi connectivity index (χ3v) is 7.03. The molecule has 1 amide bonds. The molecular formula is C16H20N4O4S. The first-order valence-corrected chi connectivity index (χ1v) is 9.25. The summed E-state index contributed by atoms with van der Waals surface area (Å²) in [6.07, 6.45) is 1.86. The maximum Gasteiger partial charge on any atom is 0.265 e. The van der Waals surface area contributed by atoms with Gasteiger partial charge in [0.1, 0.15) is 5.25 Å². The van der Waals surface area contributed by atoms with Crippen LogP contribution >= 0.6 is 11.8 Å². The van der Waals surface area contributed by atoms with Crippen LogP contribution in [-0.2, 0) is 23.2 Å². The van der Waals surface area contributed by atoms with Gasteiger partial charge in [-0.15, -0.1) is 16.4 Å². The maximum atomic E-state index is 12.4. The molecule has 0 spiro atoms. The van der Waals surface area contributed by atoms with Gasteiger partial charge in [-0.1, -0.05) is 6.92 Å². The Balaban J connectivity index is 1.68. The standard InChI is InChI=1S/C16H20N4O4S/c1-7-11-10(8(2)21)15(22)20(11)12(16(23)24)13(7)25-9-4-5-19-6-17-18(3)14(9)19/h6-11,21H,4-5H2,1-3H3/t7-,8-,9?,10-,11-/m1/s1. The first-order valence-electron chi connectivity index (χ1n) is 8.37. The van der Waals surface area contributed by atoms with Gasteiger partial charge < -0.3 is 19.9 Å². The predicted molar refractivity (Wildman–Crippen MR) is 85.4 cm³/mol. The Morgan fingerprint density at radius 1 is 1.56 bits per heavy atom. The second-order valence-corrected chi connectivity index (χ2v) is 8.20. The largest absolute Gasteiger partial charge is 0.543 e. The van der Waals surface area contributed by atoms with Gasteiger partial charge in [-0.3, -0.25) is 4.79 Å². The number of hydrogen-bond acceptors (Lipinski definition) is 6. The Labute approximate surface area is 149 Å². The Morgan fingerprint density at radius 3 is 2.92 bits per heavy atom. The summed E-state index contributed by atoms with van der Waals surface area (Å²) in [5.74, 6) is -1.31. The number of carbonyl (C=O) groups is 2. The van der Waals surface area contributed by atoms with Gasteiger partial charge in [-0.25, -0.2) is 4.57 Å². The van der Waals surface area contributed by atoms with Gasteiger partial charge in [0.25, 0.3) is 6.33 Å². The molecule has 1 fully saturated rings. The number of rotatable bonds is 4. The predicted octanol–water partition coefficient (Wildman–Crippen LogP) is -1.30. The summed E-state index contributed by atoms with van der Waals surface area (Å²) in [4.78, 5) is 26.1. The number of carboxylic acids is 1. The average Bonchev–Trinajstić information content (AvgIpc) is 3.16. The molecule has 1 aromatic heterocycles. The number of aliphatic hydroxyl groups is 1.